The third kappa shape index (κ3) is 6.56. The van der Waals surface area contributed by atoms with E-state index >= 15 is 0 Å². The molecule has 0 amide bonds. The number of allylic oxidation sites excluding steroid dienone is 2. The van der Waals surface area contributed by atoms with Crippen molar-refractivity contribution in [2.75, 3.05) is 0 Å². The Morgan fingerprint density at radius 3 is 2.46 bits per heavy atom. The molecule has 0 bridgehead atoms. The molecule has 0 aliphatic rings. The van der Waals surface area contributed by atoms with Gasteiger partial charge in [-0.05, 0) is 31.1 Å². The van der Waals surface area contributed by atoms with Crippen LogP contribution in [0.2, 0.25) is 0 Å². The van der Waals surface area contributed by atoms with Gasteiger partial charge in [-0.3, -0.25) is 0 Å². The van der Waals surface area contributed by atoms with Gasteiger partial charge in [0.05, 0.1) is 0 Å². The minimum atomic E-state index is 0.531. The highest BCUT2D eigenvalue weighted by atomic mass is 16.1. The van der Waals surface area contributed by atoms with Gasteiger partial charge >= 0.3 is 0 Å². The molecule has 0 fully saturated rings. The molecule has 13 heavy (non-hydrogen) atoms. The van der Waals surface area contributed by atoms with E-state index in [0.717, 1.165) is 19.1 Å². The van der Waals surface area contributed by atoms with Gasteiger partial charge in [-0.15, -0.1) is 0 Å². The first-order chi connectivity index (χ1) is 6.24. The minimum absolute atomic E-state index is 0.531. The molecule has 0 heterocycles. The molecule has 1 nitrogen and oxygen atoms in total. The third-order valence-electron chi connectivity index (χ3n) is 2.37. The van der Waals surface area contributed by atoms with E-state index in [1.54, 1.807) is 0 Å². The van der Waals surface area contributed by atoms with Gasteiger partial charge in [0, 0.05) is 6.42 Å². The zero-order valence-corrected chi connectivity index (χ0v) is 9.12. The van der Waals surface area contributed by atoms with E-state index in [0.29, 0.717) is 18.3 Å². The lowest BCUT2D eigenvalue weighted by molar-refractivity contribution is -0.108. The lowest BCUT2D eigenvalue weighted by atomic mass is 9.91. The summed E-state index contributed by atoms with van der Waals surface area (Å²) >= 11 is 0. The fourth-order valence-electron chi connectivity index (χ4n) is 1.49. The summed E-state index contributed by atoms with van der Waals surface area (Å²) in [5.74, 6) is 1.19. The van der Waals surface area contributed by atoms with Crippen molar-refractivity contribution in [3.05, 3.63) is 12.2 Å². The van der Waals surface area contributed by atoms with Gasteiger partial charge < -0.3 is 4.79 Å². The first-order valence-corrected chi connectivity index (χ1v) is 5.34. The molecule has 0 spiro atoms. The Labute approximate surface area is 82.2 Å². The van der Waals surface area contributed by atoms with Crippen LogP contribution in [0, 0.1) is 11.8 Å². The molecule has 0 rings (SSSR count). The maximum absolute atomic E-state index is 10.3. The van der Waals surface area contributed by atoms with Crippen LogP contribution in [-0.4, -0.2) is 6.29 Å². The van der Waals surface area contributed by atoms with E-state index < -0.39 is 0 Å². The molecule has 0 aromatic carbocycles. The monoisotopic (exact) mass is 182 g/mol. The Morgan fingerprint density at radius 2 is 2.00 bits per heavy atom. The van der Waals surface area contributed by atoms with Crippen LogP contribution in [0.5, 0.6) is 0 Å². The average Bonchev–Trinajstić information content (AvgIpc) is 2.12. The quantitative estimate of drug-likeness (QED) is 0.434. The Bertz CT molecular complexity index is 149. The van der Waals surface area contributed by atoms with Gasteiger partial charge in [0.25, 0.3) is 0 Å². The third-order valence-corrected chi connectivity index (χ3v) is 2.37. The number of hydrogen-bond donors (Lipinski definition) is 0. The Kier molecular flexibility index (Phi) is 7.66. The number of carbonyl (C=O) groups is 1. The SMILES string of the molecule is CC/C=C/[C@@H](CC)C[C@@H](C)CC=O. The van der Waals surface area contributed by atoms with Crippen LogP contribution in [0.1, 0.15) is 46.5 Å². The first-order valence-electron chi connectivity index (χ1n) is 5.34. The van der Waals surface area contributed by atoms with E-state index in [-0.39, 0.29) is 0 Å². The van der Waals surface area contributed by atoms with Crippen molar-refractivity contribution in [2.45, 2.75) is 46.5 Å². The highest BCUT2D eigenvalue weighted by Gasteiger charge is 2.07. The molecular weight excluding hydrogens is 160 g/mol. The summed E-state index contributed by atoms with van der Waals surface area (Å²) in [7, 11) is 0. The summed E-state index contributed by atoms with van der Waals surface area (Å²) < 4.78 is 0. The van der Waals surface area contributed by atoms with Gasteiger partial charge in [-0.2, -0.15) is 0 Å². The van der Waals surface area contributed by atoms with Crippen molar-refractivity contribution >= 4 is 6.29 Å². The molecule has 0 aromatic heterocycles. The molecule has 1 heteroatoms. The van der Waals surface area contributed by atoms with Gasteiger partial charge in [-0.25, -0.2) is 0 Å². The van der Waals surface area contributed by atoms with Crippen LogP contribution in [0.4, 0.5) is 0 Å². The summed E-state index contributed by atoms with van der Waals surface area (Å²) in [6, 6.07) is 0. The van der Waals surface area contributed by atoms with Crippen LogP contribution < -0.4 is 0 Å². The second kappa shape index (κ2) is 8.03. The number of rotatable bonds is 7. The van der Waals surface area contributed by atoms with Crippen LogP contribution in [0.3, 0.4) is 0 Å². The van der Waals surface area contributed by atoms with Crippen molar-refractivity contribution in [3.63, 3.8) is 0 Å². The molecule has 0 saturated carbocycles. The molecule has 0 aromatic rings. The second-order valence-corrected chi connectivity index (χ2v) is 3.75. The van der Waals surface area contributed by atoms with Crippen molar-refractivity contribution in [1.82, 2.24) is 0 Å². The lowest BCUT2D eigenvalue weighted by Gasteiger charge is -2.14. The predicted molar refractivity (Wildman–Crippen MR) is 57.7 cm³/mol. The summed E-state index contributed by atoms with van der Waals surface area (Å²) in [6.45, 7) is 6.51. The second-order valence-electron chi connectivity index (χ2n) is 3.75. The van der Waals surface area contributed by atoms with E-state index in [4.69, 9.17) is 0 Å². The summed E-state index contributed by atoms with van der Waals surface area (Å²) in [5.41, 5.74) is 0. The molecular formula is C12H22O. The van der Waals surface area contributed by atoms with Crippen molar-refractivity contribution < 1.29 is 4.79 Å². The highest BCUT2D eigenvalue weighted by molar-refractivity contribution is 5.49. The van der Waals surface area contributed by atoms with E-state index in [1.165, 1.54) is 6.42 Å². The summed E-state index contributed by atoms with van der Waals surface area (Å²) in [5, 5.41) is 0. The van der Waals surface area contributed by atoms with Gasteiger partial charge in [0.15, 0.2) is 0 Å². The summed E-state index contributed by atoms with van der Waals surface area (Å²) in [4.78, 5) is 10.3. The summed E-state index contributed by atoms with van der Waals surface area (Å²) in [6.07, 6.45) is 9.69. The van der Waals surface area contributed by atoms with Crippen LogP contribution in [-0.2, 0) is 4.79 Å². The Balaban J connectivity index is 3.81. The first kappa shape index (κ1) is 12.4. The highest BCUT2D eigenvalue weighted by Crippen LogP contribution is 2.18. The fourth-order valence-corrected chi connectivity index (χ4v) is 1.49. The van der Waals surface area contributed by atoms with E-state index in [2.05, 4.69) is 32.9 Å². The van der Waals surface area contributed by atoms with Crippen molar-refractivity contribution in [3.8, 4) is 0 Å². The van der Waals surface area contributed by atoms with Crippen LogP contribution >= 0.6 is 0 Å². The van der Waals surface area contributed by atoms with Gasteiger partial charge in [0.2, 0.25) is 0 Å². The molecule has 0 saturated heterocycles. The maximum atomic E-state index is 10.3. The number of hydrogen-bond acceptors (Lipinski definition) is 1. The molecule has 0 aliphatic carbocycles. The van der Waals surface area contributed by atoms with Gasteiger partial charge in [0.1, 0.15) is 6.29 Å². The average molecular weight is 182 g/mol. The molecule has 0 N–H and O–H groups in total. The zero-order chi connectivity index (χ0) is 10.1. The normalized spacial score (nSPS) is 15.9. The molecule has 0 aliphatic heterocycles. The maximum Gasteiger partial charge on any atom is 0.120 e. The van der Waals surface area contributed by atoms with E-state index in [9.17, 15) is 4.79 Å². The van der Waals surface area contributed by atoms with Gasteiger partial charge in [-0.1, -0.05) is 32.9 Å². The Morgan fingerprint density at radius 1 is 1.31 bits per heavy atom. The predicted octanol–water partition coefficient (Wildman–Crippen LogP) is 3.59. The fraction of sp³-hybridized carbons (Fsp3) is 0.750. The molecule has 2 atom stereocenters. The van der Waals surface area contributed by atoms with E-state index in [1.807, 2.05) is 0 Å². The molecule has 76 valence electrons. The zero-order valence-electron chi connectivity index (χ0n) is 9.12. The topological polar surface area (TPSA) is 17.1 Å². The number of carbonyl (C=O) groups excluding carboxylic acids is 1. The molecule has 0 radical (unpaired) electrons. The smallest absolute Gasteiger partial charge is 0.120 e. The minimum Gasteiger partial charge on any atom is -0.303 e. The largest absolute Gasteiger partial charge is 0.303 e. The van der Waals surface area contributed by atoms with Crippen molar-refractivity contribution in [1.29, 1.82) is 0 Å². The lowest BCUT2D eigenvalue weighted by Crippen LogP contribution is -2.03. The Hall–Kier alpha value is -0.590. The van der Waals surface area contributed by atoms with Crippen LogP contribution in [0.15, 0.2) is 12.2 Å². The number of aldehydes is 1. The standard InChI is InChI=1S/C12H22O/c1-4-6-7-12(5-2)10-11(3)8-9-13/h6-7,9,11-12H,4-5,8,10H2,1-3H3/b7-6+/t11-,12+/m0/s1. The van der Waals surface area contributed by atoms with Crippen LogP contribution in [0.25, 0.3) is 0 Å². The molecule has 0 unspecified atom stereocenters. The van der Waals surface area contributed by atoms with Crippen molar-refractivity contribution in [2.24, 2.45) is 11.8 Å².